The number of nitrogens with two attached hydrogens (primary N) is 1. The lowest BCUT2D eigenvalue weighted by atomic mass is 10.1. The maximum absolute atomic E-state index is 11.8. The zero-order chi connectivity index (χ0) is 14.3. The van der Waals surface area contributed by atoms with Crippen molar-refractivity contribution in [1.29, 1.82) is 0 Å². The van der Waals surface area contributed by atoms with E-state index in [0.29, 0.717) is 18.4 Å². The van der Waals surface area contributed by atoms with Crippen molar-refractivity contribution in [3.63, 3.8) is 0 Å². The number of amides is 1. The van der Waals surface area contributed by atoms with E-state index in [2.05, 4.69) is 10.5 Å². The largest absolute Gasteiger partial charge is 0.508 e. The van der Waals surface area contributed by atoms with Crippen LogP contribution in [0.3, 0.4) is 0 Å². The molecule has 1 atom stereocenters. The number of nitrogens with zero attached hydrogens (tertiary/aromatic N) is 1. The van der Waals surface area contributed by atoms with E-state index in [1.807, 2.05) is 6.92 Å². The summed E-state index contributed by atoms with van der Waals surface area (Å²) in [6.45, 7) is 1.90. The molecular formula is C13H19N3O3. The van der Waals surface area contributed by atoms with Gasteiger partial charge in [-0.1, -0.05) is 30.3 Å². The van der Waals surface area contributed by atoms with Gasteiger partial charge in [-0.2, -0.15) is 0 Å². The third-order valence-electron chi connectivity index (χ3n) is 2.78. The molecule has 0 saturated carbocycles. The molecule has 0 spiro atoms. The Morgan fingerprint density at radius 2 is 2.16 bits per heavy atom. The molecule has 19 heavy (non-hydrogen) atoms. The van der Waals surface area contributed by atoms with Crippen molar-refractivity contribution >= 4 is 11.7 Å². The van der Waals surface area contributed by atoms with E-state index in [9.17, 15) is 9.90 Å². The van der Waals surface area contributed by atoms with Gasteiger partial charge in [0, 0.05) is 18.0 Å². The molecule has 1 aromatic carbocycles. The Hall–Kier alpha value is -2.24. The summed E-state index contributed by atoms with van der Waals surface area (Å²) in [7, 11) is 0. The molecule has 1 aromatic rings. The van der Waals surface area contributed by atoms with Crippen molar-refractivity contribution in [2.45, 2.75) is 32.2 Å². The second kappa shape index (κ2) is 7.25. The minimum absolute atomic E-state index is 0.0784. The van der Waals surface area contributed by atoms with E-state index in [4.69, 9.17) is 10.9 Å². The van der Waals surface area contributed by atoms with Crippen molar-refractivity contribution in [1.82, 2.24) is 5.32 Å². The summed E-state index contributed by atoms with van der Waals surface area (Å²) < 4.78 is 0. The average Bonchev–Trinajstić information content (AvgIpc) is 2.40. The molecule has 1 amide bonds. The number of phenols is 1. The number of aromatic hydroxyl groups is 1. The molecule has 0 aliphatic rings. The first kappa shape index (κ1) is 14.8. The first-order chi connectivity index (χ1) is 9.06. The molecule has 0 aliphatic heterocycles. The molecular weight excluding hydrogens is 246 g/mol. The van der Waals surface area contributed by atoms with Crippen molar-refractivity contribution in [3.05, 3.63) is 29.8 Å². The van der Waals surface area contributed by atoms with Crippen LogP contribution in [0.1, 0.15) is 25.3 Å². The van der Waals surface area contributed by atoms with Gasteiger partial charge in [-0.25, -0.2) is 0 Å². The highest BCUT2D eigenvalue weighted by Crippen LogP contribution is 2.16. The third kappa shape index (κ3) is 4.87. The van der Waals surface area contributed by atoms with Crippen molar-refractivity contribution in [2.24, 2.45) is 10.9 Å². The summed E-state index contributed by atoms with van der Waals surface area (Å²) in [6, 6.07) is 6.50. The normalized spacial score (nSPS) is 13.0. The van der Waals surface area contributed by atoms with Gasteiger partial charge in [0.2, 0.25) is 5.91 Å². The zero-order valence-corrected chi connectivity index (χ0v) is 10.8. The molecule has 0 fully saturated rings. The Morgan fingerprint density at radius 1 is 1.47 bits per heavy atom. The molecule has 0 radical (unpaired) electrons. The lowest BCUT2D eigenvalue weighted by molar-refractivity contribution is -0.121. The minimum atomic E-state index is -0.209. The van der Waals surface area contributed by atoms with Crippen LogP contribution < -0.4 is 11.1 Å². The number of carbonyl (C=O) groups excluding carboxylic acids is 1. The van der Waals surface area contributed by atoms with Crippen LogP contribution in [-0.4, -0.2) is 28.1 Å². The summed E-state index contributed by atoms with van der Waals surface area (Å²) in [5, 5.41) is 23.8. The molecule has 1 unspecified atom stereocenters. The Balaban J connectivity index is 2.57. The maximum Gasteiger partial charge on any atom is 0.224 e. The Kier molecular flexibility index (Phi) is 5.66. The second-order valence-corrected chi connectivity index (χ2v) is 4.27. The van der Waals surface area contributed by atoms with Crippen LogP contribution in [0.5, 0.6) is 5.75 Å². The average molecular weight is 265 g/mol. The highest BCUT2D eigenvalue weighted by molar-refractivity contribution is 5.83. The highest BCUT2D eigenvalue weighted by Gasteiger charge is 2.13. The molecule has 0 aliphatic carbocycles. The van der Waals surface area contributed by atoms with E-state index in [1.165, 1.54) is 6.07 Å². The molecule has 104 valence electrons. The number of amidine groups is 1. The van der Waals surface area contributed by atoms with Gasteiger partial charge in [0.15, 0.2) is 0 Å². The monoisotopic (exact) mass is 265 g/mol. The SMILES string of the molecule is CCC(C/C(N)=N/O)NC(=O)Cc1ccccc1O. The minimum Gasteiger partial charge on any atom is -0.508 e. The molecule has 6 heteroatoms. The van der Waals surface area contributed by atoms with Gasteiger partial charge in [0.1, 0.15) is 11.6 Å². The van der Waals surface area contributed by atoms with Crippen LogP contribution in [0.25, 0.3) is 0 Å². The van der Waals surface area contributed by atoms with Crippen molar-refractivity contribution in [2.75, 3.05) is 0 Å². The predicted octanol–water partition coefficient (Wildman–Crippen LogP) is 0.966. The van der Waals surface area contributed by atoms with Crippen molar-refractivity contribution in [3.8, 4) is 5.75 Å². The van der Waals surface area contributed by atoms with Gasteiger partial charge in [-0.15, -0.1) is 0 Å². The highest BCUT2D eigenvalue weighted by atomic mass is 16.4. The third-order valence-corrected chi connectivity index (χ3v) is 2.78. The van der Waals surface area contributed by atoms with Gasteiger partial charge >= 0.3 is 0 Å². The number of carbonyl (C=O) groups is 1. The standard InChI is InChI=1S/C13H19N3O3/c1-2-10(8-12(14)16-19)15-13(18)7-9-5-3-4-6-11(9)17/h3-6,10,17,19H,2,7-8H2,1H3,(H2,14,16)(H,15,18). The number of hydrogen-bond donors (Lipinski definition) is 4. The van der Waals surface area contributed by atoms with Gasteiger partial charge < -0.3 is 21.4 Å². The van der Waals surface area contributed by atoms with Gasteiger partial charge in [0.25, 0.3) is 0 Å². The topological polar surface area (TPSA) is 108 Å². The fraction of sp³-hybridized carbons (Fsp3) is 0.385. The van der Waals surface area contributed by atoms with Crippen LogP contribution in [0, 0.1) is 0 Å². The summed E-state index contributed by atoms with van der Waals surface area (Å²) in [6.07, 6.45) is 1.06. The number of rotatable bonds is 6. The smallest absolute Gasteiger partial charge is 0.224 e. The number of benzene rings is 1. The number of nitrogens with one attached hydrogen (secondary N) is 1. The Morgan fingerprint density at radius 3 is 2.74 bits per heavy atom. The van der Waals surface area contributed by atoms with Crippen LogP contribution in [0.15, 0.2) is 29.4 Å². The second-order valence-electron chi connectivity index (χ2n) is 4.27. The first-order valence-corrected chi connectivity index (χ1v) is 6.09. The fourth-order valence-electron chi connectivity index (χ4n) is 1.70. The number of para-hydroxylation sites is 1. The van der Waals surface area contributed by atoms with Crippen molar-refractivity contribution < 1.29 is 15.1 Å². The number of oxime groups is 1. The van der Waals surface area contributed by atoms with Crippen LogP contribution >= 0.6 is 0 Å². The maximum atomic E-state index is 11.8. The van der Waals surface area contributed by atoms with Crippen LogP contribution in [-0.2, 0) is 11.2 Å². The quantitative estimate of drug-likeness (QED) is 0.266. The summed E-state index contributed by atoms with van der Waals surface area (Å²) in [5.74, 6) is -0.0315. The van der Waals surface area contributed by atoms with Crippen LogP contribution in [0.4, 0.5) is 0 Å². The molecule has 0 aromatic heterocycles. The van der Waals surface area contributed by atoms with Gasteiger partial charge in [-0.05, 0) is 12.5 Å². The van der Waals surface area contributed by atoms with E-state index in [1.54, 1.807) is 18.2 Å². The molecule has 6 nitrogen and oxygen atoms in total. The zero-order valence-electron chi connectivity index (χ0n) is 10.8. The van der Waals surface area contributed by atoms with Crippen LogP contribution in [0.2, 0.25) is 0 Å². The lowest BCUT2D eigenvalue weighted by Crippen LogP contribution is -2.38. The molecule has 0 bridgehead atoms. The van der Waals surface area contributed by atoms with E-state index < -0.39 is 0 Å². The lowest BCUT2D eigenvalue weighted by Gasteiger charge is -2.16. The van der Waals surface area contributed by atoms with E-state index in [-0.39, 0.29) is 30.0 Å². The van der Waals surface area contributed by atoms with E-state index >= 15 is 0 Å². The summed E-state index contributed by atoms with van der Waals surface area (Å²) in [5.41, 5.74) is 5.98. The number of hydrogen-bond acceptors (Lipinski definition) is 4. The Labute approximate surface area is 111 Å². The molecule has 1 rings (SSSR count). The molecule has 5 N–H and O–H groups in total. The fourth-order valence-corrected chi connectivity index (χ4v) is 1.70. The summed E-state index contributed by atoms with van der Waals surface area (Å²) in [4.78, 5) is 11.8. The van der Waals surface area contributed by atoms with Gasteiger partial charge in [0.05, 0.1) is 6.42 Å². The predicted molar refractivity (Wildman–Crippen MR) is 72.1 cm³/mol. The first-order valence-electron chi connectivity index (χ1n) is 6.09. The van der Waals surface area contributed by atoms with Gasteiger partial charge in [-0.3, -0.25) is 4.79 Å². The van der Waals surface area contributed by atoms with E-state index in [0.717, 1.165) is 0 Å². The summed E-state index contributed by atoms with van der Waals surface area (Å²) >= 11 is 0. The molecule has 0 heterocycles. The molecule has 0 saturated heterocycles. The Bertz CT molecular complexity index is 460. The number of phenolic OH excluding ortho intramolecular Hbond substituents is 1.